The molecule has 0 spiro atoms. The topological polar surface area (TPSA) is 82.2 Å². The molecule has 0 saturated heterocycles. The summed E-state index contributed by atoms with van der Waals surface area (Å²) in [4.78, 5) is 17.7. The van der Waals surface area contributed by atoms with Gasteiger partial charge in [-0.05, 0) is 53.8 Å². The van der Waals surface area contributed by atoms with Crippen LogP contribution in [0.1, 0.15) is 24.4 Å². The van der Waals surface area contributed by atoms with Crippen LogP contribution in [0, 0.1) is 5.92 Å². The smallest absolute Gasteiger partial charge is 0.336 e. The van der Waals surface area contributed by atoms with Gasteiger partial charge in [0.1, 0.15) is 0 Å². The van der Waals surface area contributed by atoms with Crippen molar-refractivity contribution < 1.29 is 13.9 Å². The number of nitrogens with one attached hydrogen (secondary N) is 1. The van der Waals surface area contributed by atoms with Crippen molar-refractivity contribution in [2.45, 2.75) is 13.8 Å². The average molecular weight is 408 g/mol. The molecular weight excluding hydrogens is 388 g/mol. The van der Waals surface area contributed by atoms with E-state index in [1.165, 1.54) is 6.26 Å². The normalized spacial score (nSPS) is 11.0. The zero-order valence-corrected chi connectivity index (χ0v) is 16.8. The van der Waals surface area contributed by atoms with Crippen molar-refractivity contribution in [3.63, 3.8) is 0 Å². The van der Waals surface area contributed by atoms with Crippen LogP contribution >= 0.6 is 11.3 Å². The van der Waals surface area contributed by atoms with Crippen molar-refractivity contribution in [3.05, 3.63) is 65.9 Å². The van der Waals surface area contributed by atoms with E-state index in [2.05, 4.69) is 29.2 Å². The molecule has 1 amide bonds. The van der Waals surface area contributed by atoms with Gasteiger partial charge in [0.15, 0.2) is 11.6 Å². The first-order chi connectivity index (χ1) is 14.1. The average Bonchev–Trinajstić information content (AvgIpc) is 3.48. The zero-order chi connectivity index (χ0) is 20.2. The summed E-state index contributed by atoms with van der Waals surface area (Å²) in [6.07, 6.45) is 1.47. The Morgan fingerprint density at radius 2 is 2.03 bits per heavy atom. The molecule has 0 aliphatic rings. The van der Waals surface area contributed by atoms with Crippen LogP contribution in [0.3, 0.4) is 0 Å². The van der Waals surface area contributed by atoms with E-state index < -0.39 is 0 Å². The fourth-order valence-corrected chi connectivity index (χ4v) is 3.33. The first-order valence-electron chi connectivity index (χ1n) is 9.19. The highest BCUT2D eigenvalue weighted by Gasteiger charge is 2.16. The Balaban J connectivity index is 1.59. The Labute approximate surface area is 172 Å². The molecule has 0 saturated carbocycles. The van der Waals surface area contributed by atoms with E-state index in [-0.39, 0.29) is 11.7 Å². The van der Waals surface area contributed by atoms with Gasteiger partial charge in [0.25, 0.3) is 5.91 Å². The molecule has 1 aromatic carbocycles. The highest BCUT2D eigenvalue weighted by atomic mass is 32.1. The lowest BCUT2D eigenvalue weighted by atomic mass is 10.2. The molecule has 29 heavy (non-hydrogen) atoms. The summed E-state index contributed by atoms with van der Waals surface area (Å²) >= 11 is 1.59. The molecule has 0 unspecified atom stereocenters. The lowest BCUT2D eigenvalue weighted by molar-refractivity contribution is 0.0996. The second-order valence-corrected chi connectivity index (χ2v) is 7.74. The number of amides is 1. The molecule has 0 fully saturated rings. The van der Waals surface area contributed by atoms with E-state index in [0.29, 0.717) is 30.0 Å². The summed E-state index contributed by atoms with van der Waals surface area (Å²) in [6.45, 7) is 4.70. The Morgan fingerprint density at radius 1 is 1.21 bits per heavy atom. The van der Waals surface area contributed by atoms with Crippen molar-refractivity contribution in [2.24, 2.45) is 5.92 Å². The van der Waals surface area contributed by atoms with Gasteiger partial charge in [-0.1, -0.05) is 19.9 Å². The van der Waals surface area contributed by atoms with Crippen LogP contribution < -0.4 is 10.1 Å². The molecule has 0 radical (unpaired) electrons. The second-order valence-electron chi connectivity index (χ2n) is 6.79. The number of hydrogen-bond donors (Lipinski definition) is 1. The van der Waals surface area contributed by atoms with Gasteiger partial charge < -0.3 is 14.5 Å². The van der Waals surface area contributed by atoms with Gasteiger partial charge in [-0.2, -0.15) is 4.98 Å². The number of nitrogens with zero attached hydrogens (tertiary/aromatic N) is 3. The monoisotopic (exact) mass is 408 g/mol. The number of aromatic nitrogens is 3. The van der Waals surface area contributed by atoms with E-state index in [4.69, 9.17) is 9.15 Å². The van der Waals surface area contributed by atoms with Gasteiger partial charge in [0.2, 0.25) is 0 Å². The third-order valence-corrected chi connectivity index (χ3v) is 4.86. The highest BCUT2D eigenvalue weighted by molar-refractivity contribution is 7.13. The minimum absolute atomic E-state index is 0.261. The Kier molecular flexibility index (Phi) is 5.44. The van der Waals surface area contributed by atoms with E-state index in [0.717, 1.165) is 10.6 Å². The van der Waals surface area contributed by atoms with E-state index in [9.17, 15) is 4.79 Å². The van der Waals surface area contributed by atoms with E-state index in [1.807, 2.05) is 41.8 Å². The summed E-state index contributed by atoms with van der Waals surface area (Å²) in [7, 11) is 0. The molecule has 0 aliphatic carbocycles. The molecule has 3 aromatic heterocycles. The first kappa shape index (κ1) is 18.9. The van der Waals surface area contributed by atoms with Gasteiger partial charge in [-0.3, -0.25) is 4.79 Å². The molecule has 0 aliphatic heterocycles. The fourth-order valence-electron chi connectivity index (χ4n) is 2.63. The molecular formula is C21H20N4O3S. The minimum atomic E-state index is -0.299. The molecule has 4 aromatic rings. The van der Waals surface area contributed by atoms with Crippen molar-refractivity contribution in [2.75, 3.05) is 11.9 Å². The maximum atomic E-state index is 12.1. The summed E-state index contributed by atoms with van der Waals surface area (Å²) in [6, 6.07) is 15.0. The number of thiophene rings is 1. The lowest BCUT2D eigenvalue weighted by Gasteiger charge is -2.07. The van der Waals surface area contributed by atoms with Crippen LogP contribution in [0.4, 0.5) is 5.69 Å². The van der Waals surface area contributed by atoms with Crippen molar-refractivity contribution in [1.82, 2.24) is 14.8 Å². The van der Waals surface area contributed by atoms with Gasteiger partial charge in [0.05, 0.1) is 23.4 Å². The molecule has 7 nitrogen and oxygen atoms in total. The van der Waals surface area contributed by atoms with Crippen LogP contribution in [-0.4, -0.2) is 27.3 Å². The maximum Gasteiger partial charge on any atom is 0.336 e. The molecule has 0 atom stereocenters. The molecule has 0 bridgehead atoms. The van der Waals surface area contributed by atoms with E-state index in [1.54, 1.807) is 28.2 Å². The number of anilines is 1. The molecule has 1 N–H and O–H groups in total. The van der Waals surface area contributed by atoms with Gasteiger partial charge >= 0.3 is 6.01 Å². The Morgan fingerprint density at radius 3 is 2.69 bits per heavy atom. The van der Waals surface area contributed by atoms with Crippen LogP contribution in [-0.2, 0) is 0 Å². The Bertz CT molecular complexity index is 1070. The highest BCUT2D eigenvalue weighted by Crippen LogP contribution is 2.28. The Hall–Kier alpha value is -3.39. The molecule has 148 valence electrons. The number of hydrogen-bond acceptors (Lipinski definition) is 6. The number of rotatable bonds is 7. The van der Waals surface area contributed by atoms with Crippen molar-refractivity contribution >= 4 is 22.9 Å². The van der Waals surface area contributed by atoms with Crippen molar-refractivity contribution in [1.29, 1.82) is 0 Å². The third kappa shape index (κ3) is 4.38. The predicted octanol–water partition coefficient (Wildman–Crippen LogP) is 4.88. The summed E-state index contributed by atoms with van der Waals surface area (Å²) in [5.41, 5.74) is 1.47. The van der Waals surface area contributed by atoms with Crippen LogP contribution in [0.5, 0.6) is 6.01 Å². The van der Waals surface area contributed by atoms with Crippen molar-refractivity contribution in [3.8, 4) is 22.4 Å². The number of carbonyl (C=O) groups excluding carboxylic acids is 1. The quantitative estimate of drug-likeness (QED) is 0.471. The van der Waals surface area contributed by atoms with Crippen LogP contribution in [0.25, 0.3) is 16.4 Å². The third-order valence-electron chi connectivity index (χ3n) is 3.99. The molecule has 8 heteroatoms. The number of benzene rings is 1. The van der Waals surface area contributed by atoms with Crippen LogP contribution in [0.2, 0.25) is 0 Å². The van der Waals surface area contributed by atoms with Crippen LogP contribution in [0.15, 0.2) is 64.6 Å². The summed E-state index contributed by atoms with van der Waals surface area (Å²) < 4.78 is 12.6. The zero-order valence-electron chi connectivity index (χ0n) is 16.0. The van der Waals surface area contributed by atoms with Gasteiger partial charge in [0, 0.05) is 5.69 Å². The maximum absolute atomic E-state index is 12.1. The number of furan rings is 1. The summed E-state index contributed by atoms with van der Waals surface area (Å²) in [5.74, 6) is 1.06. The first-order valence-corrected chi connectivity index (χ1v) is 10.1. The van der Waals surface area contributed by atoms with Gasteiger partial charge in [-0.25, -0.2) is 4.68 Å². The standard InChI is InChI=1S/C21H20N4O3S/c1-14(2)13-28-21-23-19(18-6-4-12-29-18)25(24-21)16-9-7-15(8-10-16)22-20(26)17-5-3-11-27-17/h3-12,14H,13H2,1-2H3,(H,22,26). The second kappa shape index (κ2) is 8.32. The number of ether oxygens (including phenoxy) is 1. The SMILES string of the molecule is CC(C)COc1nc(-c2cccs2)n(-c2ccc(NC(=O)c3ccco3)cc2)n1. The number of carbonyl (C=O) groups is 1. The predicted molar refractivity (Wildman–Crippen MR) is 112 cm³/mol. The van der Waals surface area contributed by atoms with Gasteiger partial charge in [-0.15, -0.1) is 16.4 Å². The minimum Gasteiger partial charge on any atom is -0.462 e. The van der Waals surface area contributed by atoms with E-state index >= 15 is 0 Å². The molecule has 4 rings (SSSR count). The molecule has 3 heterocycles. The lowest BCUT2D eigenvalue weighted by Crippen LogP contribution is -2.10. The fraction of sp³-hybridized carbons (Fsp3) is 0.190. The largest absolute Gasteiger partial charge is 0.462 e. The summed E-state index contributed by atoms with van der Waals surface area (Å²) in [5, 5.41) is 9.33.